The van der Waals surface area contributed by atoms with Crippen molar-refractivity contribution in [1.82, 2.24) is 0 Å². The van der Waals surface area contributed by atoms with Crippen LogP contribution >= 0.6 is 7.60 Å². The maximum Gasteiger partial charge on any atom is 0.329 e. The van der Waals surface area contributed by atoms with Crippen LogP contribution in [0.15, 0.2) is 84.9 Å². The van der Waals surface area contributed by atoms with Crippen LogP contribution in [0.3, 0.4) is 0 Å². The lowest BCUT2D eigenvalue weighted by Gasteiger charge is -2.09. The third-order valence-corrected chi connectivity index (χ3v) is 4.63. The molecule has 0 aromatic heterocycles. The normalized spacial score (nSPS) is 11.1. The van der Waals surface area contributed by atoms with Crippen LogP contribution in [0.1, 0.15) is 22.3 Å². The highest BCUT2D eigenvalue weighted by Gasteiger charge is 2.13. The molecule has 0 saturated carbocycles. The SMILES string of the molecule is O=P(O)(O)Cc1ccc(C=C(c2ccccc2)c2ccccc2)cc1. The molecule has 0 fully saturated rings. The minimum absolute atomic E-state index is 0.235. The van der Waals surface area contributed by atoms with Crippen LogP contribution in [-0.2, 0) is 10.7 Å². The van der Waals surface area contributed by atoms with Gasteiger partial charge >= 0.3 is 7.60 Å². The first-order valence-electron chi connectivity index (χ1n) is 7.97. The molecule has 0 amide bonds. The zero-order chi connectivity index (χ0) is 17.7. The first kappa shape index (κ1) is 17.4. The predicted octanol–water partition coefficient (Wildman–Crippen LogP) is 4.95. The second-order valence-electron chi connectivity index (χ2n) is 5.85. The summed E-state index contributed by atoms with van der Waals surface area (Å²) in [5.41, 5.74) is 4.95. The van der Waals surface area contributed by atoms with E-state index in [0.717, 1.165) is 22.3 Å². The fourth-order valence-electron chi connectivity index (χ4n) is 2.69. The summed E-state index contributed by atoms with van der Waals surface area (Å²) in [6.45, 7) is 0. The summed E-state index contributed by atoms with van der Waals surface area (Å²) in [7, 11) is -4.04. The Kier molecular flexibility index (Phi) is 5.30. The van der Waals surface area contributed by atoms with Crippen LogP contribution in [-0.4, -0.2) is 9.79 Å². The van der Waals surface area contributed by atoms with Gasteiger partial charge in [-0.15, -0.1) is 0 Å². The molecule has 0 aliphatic rings. The molecule has 4 heteroatoms. The molecule has 3 rings (SSSR count). The van der Waals surface area contributed by atoms with Gasteiger partial charge in [0.15, 0.2) is 0 Å². The van der Waals surface area contributed by atoms with Crippen molar-refractivity contribution in [2.24, 2.45) is 0 Å². The highest BCUT2D eigenvalue weighted by molar-refractivity contribution is 7.50. The topological polar surface area (TPSA) is 57.5 Å². The Morgan fingerprint density at radius 2 is 1.24 bits per heavy atom. The molecule has 126 valence electrons. The molecular weight excluding hydrogens is 331 g/mol. The van der Waals surface area contributed by atoms with Gasteiger partial charge in [-0.2, -0.15) is 0 Å². The third kappa shape index (κ3) is 5.01. The first-order chi connectivity index (χ1) is 12.0. The van der Waals surface area contributed by atoms with Gasteiger partial charge in [0.25, 0.3) is 0 Å². The standard InChI is InChI=1S/C21H19O3P/c22-25(23,24)16-18-13-11-17(12-14-18)15-21(19-7-3-1-4-8-19)20-9-5-2-6-10-20/h1-15H,16H2,(H2,22,23,24). The van der Waals surface area contributed by atoms with Crippen molar-refractivity contribution in [1.29, 1.82) is 0 Å². The summed E-state index contributed by atoms with van der Waals surface area (Å²) >= 11 is 0. The lowest BCUT2D eigenvalue weighted by atomic mass is 9.95. The molecule has 3 aromatic rings. The van der Waals surface area contributed by atoms with Gasteiger partial charge in [-0.25, -0.2) is 0 Å². The van der Waals surface area contributed by atoms with E-state index in [4.69, 9.17) is 9.79 Å². The fourth-order valence-corrected chi connectivity index (χ4v) is 3.38. The first-order valence-corrected chi connectivity index (χ1v) is 9.77. The monoisotopic (exact) mass is 350 g/mol. The predicted molar refractivity (Wildman–Crippen MR) is 102 cm³/mol. The van der Waals surface area contributed by atoms with Crippen molar-refractivity contribution in [3.63, 3.8) is 0 Å². The van der Waals surface area contributed by atoms with Crippen molar-refractivity contribution in [3.05, 3.63) is 107 Å². The molecule has 0 spiro atoms. The zero-order valence-electron chi connectivity index (χ0n) is 13.6. The molecule has 0 unspecified atom stereocenters. The minimum Gasteiger partial charge on any atom is -0.324 e. The van der Waals surface area contributed by atoms with Gasteiger partial charge in [0.05, 0.1) is 6.16 Å². The highest BCUT2D eigenvalue weighted by atomic mass is 31.2. The molecule has 3 nitrogen and oxygen atoms in total. The van der Waals surface area contributed by atoms with Crippen LogP contribution in [0.2, 0.25) is 0 Å². The zero-order valence-corrected chi connectivity index (χ0v) is 14.5. The smallest absolute Gasteiger partial charge is 0.324 e. The van der Waals surface area contributed by atoms with Gasteiger partial charge in [-0.05, 0) is 33.9 Å². The van der Waals surface area contributed by atoms with E-state index in [0.29, 0.717) is 5.56 Å². The maximum absolute atomic E-state index is 11.1. The van der Waals surface area contributed by atoms with Crippen LogP contribution < -0.4 is 0 Å². The second-order valence-corrected chi connectivity index (χ2v) is 7.50. The van der Waals surface area contributed by atoms with Crippen molar-refractivity contribution < 1.29 is 14.4 Å². The molecule has 2 N–H and O–H groups in total. The van der Waals surface area contributed by atoms with Crippen LogP contribution in [0, 0.1) is 0 Å². The van der Waals surface area contributed by atoms with Crippen LogP contribution in [0.4, 0.5) is 0 Å². The van der Waals surface area contributed by atoms with E-state index in [9.17, 15) is 4.57 Å². The largest absolute Gasteiger partial charge is 0.329 e. The average Bonchev–Trinajstić information content (AvgIpc) is 2.61. The second kappa shape index (κ2) is 7.62. The lowest BCUT2D eigenvalue weighted by molar-refractivity contribution is 0.371. The highest BCUT2D eigenvalue weighted by Crippen LogP contribution is 2.39. The van der Waals surface area contributed by atoms with Gasteiger partial charge in [-0.3, -0.25) is 4.57 Å². The lowest BCUT2D eigenvalue weighted by Crippen LogP contribution is -1.89. The maximum atomic E-state index is 11.1. The number of hydrogen-bond acceptors (Lipinski definition) is 1. The van der Waals surface area contributed by atoms with Crippen molar-refractivity contribution in [3.8, 4) is 0 Å². The van der Waals surface area contributed by atoms with E-state index in [1.54, 1.807) is 12.1 Å². The summed E-state index contributed by atoms with van der Waals surface area (Å²) in [5.74, 6) is 0. The van der Waals surface area contributed by atoms with Crippen LogP contribution in [0.5, 0.6) is 0 Å². The third-order valence-electron chi connectivity index (χ3n) is 3.85. The quantitative estimate of drug-likeness (QED) is 0.505. The molecule has 0 heterocycles. The molecule has 0 radical (unpaired) electrons. The minimum atomic E-state index is -4.04. The average molecular weight is 350 g/mol. The Morgan fingerprint density at radius 3 is 1.68 bits per heavy atom. The van der Waals surface area contributed by atoms with Gasteiger partial charge in [0.2, 0.25) is 0 Å². The van der Waals surface area contributed by atoms with E-state index < -0.39 is 7.60 Å². The summed E-state index contributed by atoms with van der Waals surface area (Å²) in [4.78, 5) is 18.2. The van der Waals surface area contributed by atoms with E-state index in [1.807, 2.05) is 48.5 Å². The molecule has 0 saturated heterocycles. The number of rotatable bonds is 5. The molecule has 25 heavy (non-hydrogen) atoms. The van der Waals surface area contributed by atoms with Gasteiger partial charge in [-0.1, -0.05) is 84.9 Å². The summed E-state index contributed by atoms with van der Waals surface area (Å²) in [6, 6.07) is 27.6. The van der Waals surface area contributed by atoms with E-state index in [2.05, 4.69) is 30.3 Å². The molecular formula is C21H19O3P. The summed E-state index contributed by atoms with van der Waals surface area (Å²) < 4.78 is 11.1. The summed E-state index contributed by atoms with van der Waals surface area (Å²) in [6.07, 6.45) is 1.85. The Balaban J connectivity index is 1.98. The Hall–Kier alpha value is -2.45. The Labute approximate surface area is 147 Å². The summed E-state index contributed by atoms with van der Waals surface area (Å²) in [5, 5.41) is 0. The number of benzene rings is 3. The van der Waals surface area contributed by atoms with Crippen molar-refractivity contribution in [2.45, 2.75) is 6.16 Å². The molecule has 0 atom stereocenters. The molecule has 3 aromatic carbocycles. The fraction of sp³-hybridized carbons (Fsp3) is 0.0476. The Bertz CT molecular complexity index is 853. The van der Waals surface area contributed by atoms with E-state index >= 15 is 0 Å². The Morgan fingerprint density at radius 1 is 0.760 bits per heavy atom. The van der Waals surface area contributed by atoms with Gasteiger partial charge < -0.3 is 9.79 Å². The molecule has 0 aliphatic carbocycles. The van der Waals surface area contributed by atoms with E-state index in [-0.39, 0.29) is 6.16 Å². The van der Waals surface area contributed by atoms with Crippen molar-refractivity contribution in [2.75, 3.05) is 0 Å². The number of hydrogen-bond donors (Lipinski definition) is 2. The molecule has 0 bridgehead atoms. The molecule has 0 aliphatic heterocycles. The van der Waals surface area contributed by atoms with Crippen molar-refractivity contribution >= 4 is 19.2 Å². The van der Waals surface area contributed by atoms with E-state index in [1.165, 1.54) is 0 Å². The van der Waals surface area contributed by atoms with Gasteiger partial charge in [0, 0.05) is 0 Å². The van der Waals surface area contributed by atoms with Crippen LogP contribution in [0.25, 0.3) is 11.6 Å². The van der Waals surface area contributed by atoms with Gasteiger partial charge in [0.1, 0.15) is 0 Å².